The van der Waals surface area contributed by atoms with Crippen molar-refractivity contribution in [2.45, 2.75) is 19.6 Å². The van der Waals surface area contributed by atoms with Crippen molar-refractivity contribution in [1.29, 1.82) is 0 Å². The molecule has 0 radical (unpaired) electrons. The number of cyclic esters (lactones) is 1. The molecule has 2 rings (SSSR count). The Balaban J connectivity index is 2.34. The summed E-state index contributed by atoms with van der Waals surface area (Å²) in [7, 11) is 1.30. The average Bonchev–Trinajstić information content (AvgIpc) is 2.79. The molecule has 19 heavy (non-hydrogen) atoms. The van der Waals surface area contributed by atoms with Crippen LogP contribution in [0.3, 0.4) is 0 Å². The minimum Gasteiger partial charge on any atom is -0.457 e. The van der Waals surface area contributed by atoms with Gasteiger partial charge < -0.3 is 20.5 Å². The lowest BCUT2D eigenvalue weighted by Crippen LogP contribution is -2.33. The van der Waals surface area contributed by atoms with Crippen LogP contribution in [0.2, 0.25) is 0 Å². The van der Waals surface area contributed by atoms with E-state index in [1.54, 1.807) is 12.1 Å². The smallest absolute Gasteiger partial charge is 0.407 e. The number of hydrogen-bond acceptors (Lipinski definition) is 5. The van der Waals surface area contributed by atoms with E-state index in [9.17, 15) is 9.59 Å². The molecular weight excluding hydrogens is 248 g/mol. The number of amides is 1. The Bertz CT molecular complexity index is 528. The second kappa shape index (κ2) is 5.27. The van der Waals surface area contributed by atoms with Gasteiger partial charge in [-0.3, -0.25) is 0 Å². The van der Waals surface area contributed by atoms with E-state index in [2.05, 4.69) is 10.1 Å². The third-order valence-electron chi connectivity index (χ3n) is 3.30. The van der Waals surface area contributed by atoms with Crippen LogP contribution in [0.1, 0.15) is 33.1 Å². The van der Waals surface area contributed by atoms with Gasteiger partial charge in [0.05, 0.1) is 18.7 Å². The number of hydrogen-bond donors (Lipinski definition) is 2. The minimum atomic E-state index is -0.539. The fourth-order valence-corrected chi connectivity index (χ4v) is 2.21. The summed E-state index contributed by atoms with van der Waals surface area (Å²) in [6, 6.07) is 3.14. The van der Waals surface area contributed by atoms with Gasteiger partial charge in [0.1, 0.15) is 6.61 Å². The van der Waals surface area contributed by atoms with E-state index in [0.29, 0.717) is 5.56 Å². The topological polar surface area (TPSA) is 90.7 Å². The van der Waals surface area contributed by atoms with Crippen LogP contribution in [-0.2, 0) is 16.1 Å². The normalized spacial score (nSPS) is 14.6. The van der Waals surface area contributed by atoms with Crippen LogP contribution < -0.4 is 11.1 Å². The summed E-state index contributed by atoms with van der Waals surface area (Å²) >= 11 is 0. The summed E-state index contributed by atoms with van der Waals surface area (Å²) in [6.07, 6.45) is -0.539. The van der Waals surface area contributed by atoms with Gasteiger partial charge in [-0.25, -0.2) is 9.59 Å². The maximum Gasteiger partial charge on any atom is 0.407 e. The molecule has 0 aliphatic carbocycles. The molecule has 3 N–H and O–H groups in total. The highest BCUT2D eigenvalue weighted by Crippen LogP contribution is 2.28. The summed E-state index contributed by atoms with van der Waals surface area (Å²) < 4.78 is 9.56. The number of methoxy groups -OCH3 is 1. The van der Waals surface area contributed by atoms with Gasteiger partial charge in [-0.15, -0.1) is 0 Å². The Kier molecular flexibility index (Phi) is 3.71. The molecule has 0 saturated heterocycles. The molecule has 1 aliphatic heterocycles. The van der Waals surface area contributed by atoms with Gasteiger partial charge in [0.2, 0.25) is 0 Å². The molecule has 6 nitrogen and oxygen atoms in total. The van der Waals surface area contributed by atoms with Crippen molar-refractivity contribution >= 4 is 12.1 Å². The van der Waals surface area contributed by atoms with E-state index in [4.69, 9.17) is 10.5 Å². The zero-order valence-electron chi connectivity index (χ0n) is 10.9. The fraction of sp³-hybridized carbons (Fsp3) is 0.385. The Hall–Kier alpha value is -2.08. The third kappa shape index (κ3) is 2.39. The van der Waals surface area contributed by atoms with Crippen LogP contribution in [0.5, 0.6) is 0 Å². The molecular formula is C13H16N2O4. The maximum atomic E-state index is 11.5. The Morgan fingerprint density at radius 1 is 1.58 bits per heavy atom. The van der Waals surface area contributed by atoms with E-state index in [-0.39, 0.29) is 25.2 Å². The van der Waals surface area contributed by atoms with Crippen LogP contribution in [0, 0.1) is 6.92 Å². The van der Waals surface area contributed by atoms with Crippen molar-refractivity contribution in [3.63, 3.8) is 0 Å². The zero-order chi connectivity index (χ0) is 14.0. The number of nitrogens with two attached hydrogens (primary N) is 1. The molecule has 1 heterocycles. The first-order chi connectivity index (χ1) is 9.08. The highest BCUT2D eigenvalue weighted by molar-refractivity contribution is 5.94. The number of carbonyl (C=O) groups excluding carboxylic acids is 2. The Morgan fingerprint density at radius 3 is 2.95 bits per heavy atom. The van der Waals surface area contributed by atoms with Crippen molar-refractivity contribution in [2.75, 3.05) is 13.7 Å². The number of alkyl carbamates (subject to hydrolysis) is 1. The average molecular weight is 264 g/mol. The molecule has 102 valence electrons. The number of esters is 1. The first-order valence-corrected chi connectivity index (χ1v) is 5.92. The lowest BCUT2D eigenvalue weighted by atomic mass is 9.94. The van der Waals surface area contributed by atoms with Crippen LogP contribution in [0.25, 0.3) is 0 Å². The van der Waals surface area contributed by atoms with Crippen LogP contribution >= 0.6 is 0 Å². The SMILES string of the molecule is COC(=O)NC(CN)c1ccc2c(c1C)COC2=O. The molecule has 0 spiro atoms. The molecule has 1 amide bonds. The van der Waals surface area contributed by atoms with Gasteiger partial charge in [-0.2, -0.15) is 0 Å². The summed E-state index contributed by atoms with van der Waals surface area (Å²) in [5, 5.41) is 2.66. The molecule has 0 aromatic heterocycles. The quantitative estimate of drug-likeness (QED) is 0.795. The van der Waals surface area contributed by atoms with Crippen LogP contribution in [0.15, 0.2) is 12.1 Å². The van der Waals surface area contributed by atoms with E-state index in [0.717, 1.165) is 16.7 Å². The molecule has 1 aromatic rings. The van der Waals surface area contributed by atoms with Crippen LogP contribution in [0.4, 0.5) is 4.79 Å². The number of fused-ring (bicyclic) bond motifs is 1. The van der Waals surface area contributed by atoms with E-state index in [1.165, 1.54) is 7.11 Å². The monoisotopic (exact) mass is 264 g/mol. The highest BCUT2D eigenvalue weighted by atomic mass is 16.5. The summed E-state index contributed by atoms with van der Waals surface area (Å²) in [4.78, 5) is 22.7. The Labute approximate surface area is 110 Å². The first kappa shape index (κ1) is 13.4. The van der Waals surface area contributed by atoms with Gasteiger partial charge in [-0.1, -0.05) is 6.07 Å². The fourth-order valence-electron chi connectivity index (χ4n) is 2.21. The van der Waals surface area contributed by atoms with Gasteiger partial charge in [0.25, 0.3) is 0 Å². The number of benzene rings is 1. The van der Waals surface area contributed by atoms with Crippen LogP contribution in [-0.4, -0.2) is 25.7 Å². The minimum absolute atomic E-state index is 0.240. The third-order valence-corrected chi connectivity index (χ3v) is 3.30. The van der Waals surface area contributed by atoms with Gasteiger partial charge in [-0.05, 0) is 24.1 Å². The summed E-state index contributed by atoms with van der Waals surface area (Å²) in [5.41, 5.74) is 8.89. The lowest BCUT2D eigenvalue weighted by Gasteiger charge is -2.19. The largest absolute Gasteiger partial charge is 0.457 e. The Morgan fingerprint density at radius 2 is 2.32 bits per heavy atom. The molecule has 6 heteroatoms. The van der Waals surface area contributed by atoms with Crippen molar-refractivity contribution in [1.82, 2.24) is 5.32 Å². The first-order valence-electron chi connectivity index (χ1n) is 5.92. The van der Waals surface area contributed by atoms with Gasteiger partial charge in [0, 0.05) is 12.1 Å². The molecule has 1 aliphatic rings. The van der Waals surface area contributed by atoms with Crippen molar-refractivity contribution in [3.8, 4) is 0 Å². The van der Waals surface area contributed by atoms with Crippen molar-refractivity contribution in [2.24, 2.45) is 5.73 Å². The predicted molar refractivity (Wildman–Crippen MR) is 67.6 cm³/mol. The van der Waals surface area contributed by atoms with Gasteiger partial charge in [0.15, 0.2) is 0 Å². The highest BCUT2D eigenvalue weighted by Gasteiger charge is 2.26. The molecule has 0 fully saturated rings. The predicted octanol–water partition coefficient (Wildman–Crippen LogP) is 1.02. The second-order valence-corrected chi connectivity index (χ2v) is 4.31. The number of rotatable bonds is 3. The van der Waals surface area contributed by atoms with E-state index < -0.39 is 6.09 Å². The zero-order valence-corrected chi connectivity index (χ0v) is 10.9. The number of ether oxygens (including phenoxy) is 2. The standard InChI is InChI=1S/C13H16N2O4/c1-7-8(11(5-14)15-13(17)18-2)3-4-9-10(7)6-19-12(9)16/h3-4,11H,5-6,14H2,1-2H3,(H,15,17). The van der Waals surface area contributed by atoms with E-state index in [1.807, 2.05) is 6.92 Å². The molecule has 0 saturated carbocycles. The summed E-state index contributed by atoms with van der Waals surface area (Å²) in [6.45, 7) is 2.39. The van der Waals surface area contributed by atoms with E-state index >= 15 is 0 Å². The van der Waals surface area contributed by atoms with Gasteiger partial charge >= 0.3 is 12.1 Å². The number of nitrogens with one attached hydrogen (secondary N) is 1. The van der Waals surface area contributed by atoms with Crippen molar-refractivity contribution < 1.29 is 19.1 Å². The maximum absolute atomic E-state index is 11.5. The molecule has 1 atom stereocenters. The number of carbonyl (C=O) groups is 2. The van der Waals surface area contributed by atoms with Crippen molar-refractivity contribution in [3.05, 3.63) is 34.4 Å². The molecule has 0 bridgehead atoms. The molecule has 1 unspecified atom stereocenters. The molecule has 1 aromatic carbocycles. The second-order valence-electron chi connectivity index (χ2n) is 4.31. The summed E-state index contributed by atoms with van der Waals surface area (Å²) in [5.74, 6) is -0.310. The lowest BCUT2D eigenvalue weighted by molar-refractivity contribution is 0.0535.